The monoisotopic (exact) mass is 260 g/mol. The highest BCUT2D eigenvalue weighted by molar-refractivity contribution is 7.91. The molecule has 2 heterocycles. The Morgan fingerprint density at radius 1 is 1.65 bits per heavy atom. The summed E-state index contributed by atoms with van der Waals surface area (Å²) in [6, 6.07) is 0. The lowest BCUT2D eigenvalue weighted by molar-refractivity contribution is 0.0528. The second-order valence-electron chi connectivity index (χ2n) is 4.25. The third-order valence-corrected chi connectivity index (χ3v) is 4.79. The van der Waals surface area contributed by atoms with Crippen molar-refractivity contribution < 1.29 is 18.3 Å². The molecule has 1 N–H and O–H groups in total. The van der Waals surface area contributed by atoms with Gasteiger partial charge in [-0.1, -0.05) is 0 Å². The first-order chi connectivity index (χ1) is 7.92. The van der Waals surface area contributed by atoms with Crippen LogP contribution in [0.1, 0.15) is 19.0 Å². The average molecular weight is 260 g/mol. The zero-order valence-electron chi connectivity index (χ0n) is 9.88. The van der Waals surface area contributed by atoms with Gasteiger partial charge in [-0.3, -0.25) is 4.68 Å². The van der Waals surface area contributed by atoms with Crippen LogP contribution in [0.5, 0.6) is 5.75 Å². The minimum absolute atomic E-state index is 0.00154. The molecule has 6 nitrogen and oxygen atoms in total. The summed E-state index contributed by atoms with van der Waals surface area (Å²) in [6.45, 7) is 2.43. The van der Waals surface area contributed by atoms with E-state index < -0.39 is 15.4 Å². The fourth-order valence-electron chi connectivity index (χ4n) is 2.25. The molecule has 1 atom stereocenters. The Bertz CT molecular complexity index is 501. The van der Waals surface area contributed by atoms with Crippen molar-refractivity contribution >= 4 is 9.84 Å². The maximum atomic E-state index is 11.5. The van der Waals surface area contributed by atoms with E-state index in [4.69, 9.17) is 4.74 Å². The zero-order valence-corrected chi connectivity index (χ0v) is 10.7. The van der Waals surface area contributed by atoms with E-state index in [0.717, 1.165) is 0 Å². The van der Waals surface area contributed by atoms with Gasteiger partial charge in [0.05, 0.1) is 24.8 Å². The van der Waals surface area contributed by atoms with Gasteiger partial charge >= 0.3 is 0 Å². The van der Waals surface area contributed by atoms with Gasteiger partial charge in [0.15, 0.2) is 15.6 Å². The van der Waals surface area contributed by atoms with Crippen molar-refractivity contribution in [3.63, 3.8) is 0 Å². The van der Waals surface area contributed by atoms with Crippen molar-refractivity contribution in [1.82, 2.24) is 9.78 Å². The summed E-state index contributed by atoms with van der Waals surface area (Å²) in [5.74, 6) is 0.176. The van der Waals surface area contributed by atoms with Crippen molar-refractivity contribution in [3.05, 3.63) is 11.9 Å². The Hall–Kier alpha value is -1.08. The van der Waals surface area contributed by atoms with Gasteiger partial charge in [-0.25, -0.2) is 8.42 Å². The Morgan fingerprint density at radius 3 is 2.82 bits per heavy atom. The third-order valence-electron chi connectivity index (χ3n) is 3.05. The van der Waals surface area contributed by atoms with Crippen molar-refractivity contribution in [2.24, 2.45) is 0 Å². The molecule has 0 aromatic carbocycles. The number of rotatable bonds is 3. The molecule has 0 radical (unpaired) electrons. The lowest BCUT2D eigenvalue weighted by Gasteiger charge is -2.22. The summed E-state index contributed by atoms with van der Waals surface area (Å²) < 4.78 is 29.7. The molecule has 0 bridgehead atoms. The molecule has 7 heteroatoms. The Kier molecular flexibility index (Phi) is 2.90. The predicted molar refractivity (Wildman–Crippen MR) is 61.6 cm³/mol. The Balaban J connectivity index is 2.49. The second-order valence-corrected chi connectivity index (χ2v) is 6.43. The lowest BCUT2D eigenvalue weighted by atomic mass is 9.98. The maximum Gasteiger partial charge on any atom is 0.162 e. The van der Waals surface area contributed by atoms with Gasteiger partial charge in [-0.05, 0) is 13.3 Å². The molecule has 0 saturated carbocycles. The molecule has 1 aliphatic heterocycles. The maximum absolute atomic E-state index is 11.5. The van der Waals surface area contributed by atoms with Crippen molar-refractivity contribution in [2.45, 2.75) is 25.5 Å². The van der Waals surface area contributed by atoms with Gasteiger partial charge in [-0.2, -0.15) is 5.10 Å². The van der Waals surface area contributed by atoms with Crippen LogP contribution in [-0.2, 0) is 22.0 Å². The predicted octanol–water partition coefficient (Wildman–Crippen LogP) is -0.0823. The van der Waals surface area contributed by atoms with E-state index in [-0.39, 0.29) is 17.9 Å². The van der Waals surface area contributed by atoms with E-state index in [2.05, 4.69) is 5.10 Å². The van der Waals surface area contributed by atoms with Crippen LogP contribution in [-0.4, -0.2) is 41.9 Å². The molecule has 0 spiro atoms. The largest absolute Gasteiger partial charge is 0.493 e. The van der Waals surface area contributed by atoms with Crippen molar-refractivity contribution in [2.75, 3.05) is 18.6 Å². The molecular weight excluding hydrogens is 244 g/mol. The fourth-order valence-corrected chi connectivity index (χ4v) is 4.05. The van der Waals surface area contributed by atoms with Crippen LogP contribution >= 0.6 is 0 Å². The standard InChI is InChI=1S/C10H16N2O4S/c1-3-12-9(8(16-2)6-11-12)10(13)4-5-17(14,15)7-10/h6,13H,3-5,7H2,1-2H3. The molecule has 0 amide bonds. The van der Waals surface area contributed by atoms with E-state index in [1.54, 1.807) is 4.68 Å². The SMILES string of the molecule is CCn1ncc(OC)c1C1(O)CCS(=O)(=O)C1. The summed E-state index contributed by atoms with van der Waals surface area (Å²) in [5.41, 5.74) is -0.917. The number of sulfone groups is 1. The van der Waals surface area contributed by atoms with Gasteiger partial charge in [0.1, 0.15) is 11.3 Å². The van der Waals surface area contributed by atoms with Gasteiger partial charge in [0, 0.05) is 6.54 Å². The first-order valence-corrected chi connectivity index (χ1v) is 7.27. The number of aromatic nitrogens is 2. The minimum atomic E-state index is -3.18. The molecule has 1 aromatic rings. The first kappa shape index (κ1) is 12.4. The number of nitrogens with zero attached hydrogens (tertiary/aromatic N) is 2. The van der Waals surface area contributed by atoms with E-state index in [1.165, 1.54) is 13.3 Å². The molecule has 1 aliphatic rings. The number of methoxy groups -OCH3 is 1. The summed E-state index contributed by atoms with van der Waals surface area (Å²) in [5, 5.41) is 14.6. The highest BCUT2D eigenvalue weighted by Crippen LogP contribution is 2.38. The molecule has 1 aromatic heterocycles. The van der Waals surface area contributed by atoms with Crippen LogP contribution in [0.4, 0.5) is 0 Å². The molecular formula is C10H16N2O4S. The summed E-state index contributed by atoms with van der Waals surface area (Å²) >= 11 is 0. The highest BCUT2D eigenvalue weighted by atomic mass is 32.2. The van der Waals surface area contributed by atoms with Gasteiger partial charge < -0.3 is 9.84 Å². The van der Waals surface area contributed by atoms with Crippen LogP contribution in [0.15, 0.2) is 6.20 Å². The van der Waals surface area contributed by atoms with Crippen molar-refractivity contribution in [1.29, 1.82) is 0 Å². The number of hydrogen-bond donors (Lipinski definition) is 1. The zero-order chi connectivity index (χ0) is 12.7. The molecule has 17 heavy (non-hydrogen) atoms. The minimum Gasteiger partial charge on any atom is -0.493 e. The molecule has 1 fully saturated rings. The summed E-state index contributed by atoms with van der Waals surface area (Å²) in [6.07, 6.45) is 1.69. The van der Waals surface area contributed by atoms with E-state index in [9.17, 15) is 13.5 Å². The fraction of sp³-hybridized carbons (Fsp3) is 0.700. The van der Waals surface area contributed by atoms with Crippen LogP contribution in [0, 0.1) is 0 Å². The van der Waals surface area contributed by atoms with Crippen LogP contribution in [0.2, 0.25) is 0 Å². The van der Waals surface area contributed by atoms with E-state index >= 15 is 0 Å². The van der Waals surface area contributed by atoms with E-state index in [0.29, 0.717) is 18.0 Å². The molecule has 0 aliphatic carbocycles. The number of hydrogen-bond acceptors (Lipinski definition) is 5. The van der Waals surface area contributed by atoms with Gasteiger partial charge in [-0.15, -0.1) is 0 Å². The molecule has 1 unspecified atom stereocenters. The van der Waals surface area contributed by atoms with Gasteiger partial charge in [0.25, 0.3) is 0 Å². The van der Waals surface area contributed by atoms with Crippen LogP contribution in [0.3, 0.4) is 0 Å². The topological polar surface area (TPSA) is 81.4 Å². The first-order valence-electron chi connectivity index (χ1n) is 5.45. The number of ether oxygens (including phenoxy) is 1. The van der Waals surface area contributed by atoms with Crippen molar-refractivity contribution in [3.8, 4) is 5.75 Å². The molecule has 2 rings (SSSR count). The van der Waals surface area contributed by atoms with Crippen LogP contribution in [0.25, 0.3) is 0 Å². The summed E-state index contributed by atoms with van der Waals surface area (Å²) in [4.78, 5) is 0. The lowest BCUT2D eigenvalue weighted by Crippen LogP contribution is -2.30. The molecule has 1 saturated heterocycles. The molecule has 96 valence electrons. The average Bonchev–Trinajstić information content (AvgIpc) is 2.80. The van der Waals surface area contributed by atoms with Gasteiger partial charge in [0.2, 0.25) is 0 Å². The number of aryl methyl sites for hydroxylation is 1. The Morgan fingerprint density at radius 2 is 2.35 bits per heavy atom. The Labute approximate surface area is 100 Å². The second kappa shape index (κ2) is 3.99. The third kappa shape index (κ3) is 2.04. The quantitative estimate of drug-likeness (QED) is 0.822. The van der Waals surface area contributed by atoms with Crippen LogP contribution < -0.4 is 4.74 Å². The number of aliphatic hydroxyl groups is 1. The summed E-state index contributed by atoms with van der Waals surface area (Å²) in [7, 11) is -1.70. The normalized spacial score (nSPS) is 27.2. The van der Waals surface area contributed by atoms with E-state index in [1.807, 2.05) is 6.92 Å². The smallest absolute Gasteiger partial charge is 0.162 e. The highest BCUT2D eigenvalue weighted by Gasteiger charge is 2.46.